The SMILES string of the molecule is Cc1cccc2c(NCCCCCCCCCN)cc(N3CCS(=O)(=O)c4ccccc4C3)nc12. The maximum atomic E-state index is 12.8. The molecule has 3 aromatic rings. The molecule has 1 aliphatic heterocycles. The van der Waals surface area contributed by atoms with Crippen LogP contribution in [0, 0.1) is 6.92 Å². The lowest BCUT2D eigenvalue weighted by Crippen LogP contribution is -2.26. The quantitative estimate of drug-likeness (QED) is 0.345. The first-order valence-electron chi connectivity index (χ1n) is 12.9. The number of nitrogens with two attached hydrogens (primary N) is 1. The second-order valence-corrected chi connectivity index (χ2v) is 11.6. The molecule has 2 aromatic carbocycles. The molecule has 0 atom stereocenters. The number of unbranched alkanes of at least 4 members (excludes halogenated alkanes) is 6. The molecule has 188 valence electrons. The molecule has 1 aromatic heterocycles. The summed E-state index contributed by atoms with van der Waals surface area (Å²) < 4.78 is 25.7. The van der Waals surface area contributed by atoms with Gasteiger partial charge in [0.25, 0.3) is 0 Å². The molecule has 0 amide bonds. The highest BCUT2D eigenvalue weighted by Crippen LogP contribution is 2.32. The van der Waals surface area contributed by atoms with Gasteiger partial charge in [-0.05, 0) is 43.5 Å². The fourth-order valence-corrected chi connectivity index (χ4v) is 6.32. The molecule has 0 bridgehead atoms. The number of rotatable bonds is 11. The van der Waals surface area contributed by atoms with Gasteiger partial charge in [-0.2, -0.15) is 0 Å². The van der Waals surface area contributed by atoms with Crippen molar-refractivity contribution in [3.8, 4) is 0 Å². The number of sulfone groups is 1. The van der Waals surface area contributed by atoms with E-state index in [1.54, 1.807) is 12.1 Å². The number of pyridine rings is 1. The van der Waals surface area contributed by atoms with E-state index in [9.17, 15) is 8.42 Å². The number of anilines is 2. The van der Waals surface area contributed by atoms with Crippen LogP contribution in [0.25, 0.3) is 10.9 Å². The van der Waals surface area contributed by atoms with Crippen molar-refractivity contribution in [3.63, 3.8) is 0 Å². The van der Waals surface area contributed by atoms with Gasteiger partial charge in [-0.25, -0.2) is 13.4 Å². The molecule has 7 heteroatoms. The second-order valence-electron chi connectivity index (χ2n) is 9.54. The summed E-state index contributed by atoms with van der Waals surface area (Å²) in [4.78, 5) is 7.54. The summed E-state index contributed by atoms with van der Waals surface area (Å²) in [5.74, 6) is 0.909. The Morgan fingerprint density at radius 2 is 1.71 bits per heavy atom. The van der Waals surface area contributed by atoms with Crippen LogP contribution < -0.4 is 16.0 Å². The van der Waals surface area contributed by atoms with Crippen molar-refractivity contribution in [1.29, 1.82) is 0 Å². The minimum Gasteiger partial charge on any atom is -0.384 e. The Labute approximate surface area is 209 Å². The van der Waals surface area contributed by atoms with Gasteiger partial charge < -0.3 is 16.0 Å². The average molecular weight is 495 g/mol. The summed E-state index contributed by atoms with van der Waals surface area (Å²) in [6, 6.07) is 15.7. The first-order chi connectivity index (χ1) is 17.0. The van der Waals surface area contributed by atoms with Crippen LogP contribution in [0.15, 0.2) is 53.4 Å². The van der Waals surface area contributed by atoms with Crippen molar-refractivity contribution in [1.82, 2.24) is 4.98 Å². The molecule has 1 aliphatic rings. The topological polar surface area (TPSA) is 88.3 Å². The smallest absolute Gasteiger partial charge is 0.180 e. The zero-order chi connectivity index (χ0) is 24.7. The monoisotopic (exact) mass is 494 g/mol. The molecule has 0 saturated carbocycles. The van der Waals surface area contributed by atoms with Crippen molar-refractivity contribution in [2.75, 3.05) is 35.6 Å². The highest BCUT2D eigenvalue weighted by Gasteiger charge is 2.26. The van der Waals surface area contributed by atoms with E-state index in [0.29, 0.717) is 18.0 Å². The molecule has 0 aliphatic carbocycles. The van der Waals surface area contributed by atoms with Gasteiger partial charge in [0, 0.05) is 36.8 Å². The third-order valence-corrected chi connectivity index (χ3v) is 8.64. The number of hydrogen-bond donors (Lipinski definition) is 2. The van der Waals surface area contributed by atoms with Crippen molar-refractivity contribution in [2.24, 2.45) is 5.73 Å². The highest BCUT2D eigenvalue weighted by atomic mass is 32.2. The van der Waals surface area contributed by atoms with E-state index in [1.807, 2.05) is 12.1 Å². The summed E-state index contributed by atoms with van der Waals surface area (Å²) in [6.45, 7) is 4.74. The predicted octanol–water partition coefficient (Wildman–Crippen LogP) is 5.44. The Hall–Kier alpha value is -2.64. The van der Waals surface area contributed by atoms with Crippen LogP contribution >= 0.6 is 0 Å². The summed E-state index contributed by atoms with van der Waals surface area (Å²) in [5, 5.41) is 4.76. The molecule has 6 nitrogen and oxygen atoms in total. The van der Waals surface area contributed by atoms with Crippen LogP contribution in [0.1, 0.15) is 56.1 Å². The van der Waals surface area contributed by atoms with Gasteiger partial charge in [0.05, 0.1) is 16.2 Å². The van der Waals surface area contributed by atoms with E-state index < -0.39 is 9.84 Å². The number of fused-ring (bicyclic) bond motifs is 2. The van der Waals surface area contributed by atoms with Crippen LogP contribution in [0.5, 0.6) is 0 Å². The summed E-state index contributed by atoms with van der Waals surface area (Å²) >= 11 is 0. The van der Waals surface area contributed by atoms with Crippen LogP contribution in [0.4, 0.5) is 11.5 Å². The lowest BCUT2D eigenvalue weighted by molar-refractivity contribution is 0.588. The Morgan fingerprint density at radius 3 is 2.51 bits per heavy atom. The molecular weight excluding hydrogens is 456 g/mol. The zero-order valence-electron chi connectivity index (χ0n) is 20.8. The Morgan fingerprint density at radius 1 is 0.971 bits per heavy atom. The molecule has 2 heterocycles. The van der Waals surface area contributed by atoms with E-state index in [-0.39, 0.29) is 5.75 Å². The van der Waals surface area contributed by atoms with Gasteiger partial charge in [-0.3, -0.25) is 0 Å². The van der Waals surface area contributed by atoms with Crippen molar-refractivity contribution in [3.05, 3.63) is 59.7 Å². The zero-order valence-corrected chi connectivity index (χ0v) is 21.6. The lowest BCUT2D eigenvalue weighted by atomic mass is 10.1. The number of nitrogens with zero attached hydrogens (tertiary/aromatic N) is 2. The number of nitrogens with one attached hydrogen (secondary N) is 1. The normalized spacial score (nSPS) is 15.1. The number of hydrogen-bond acceptors (Lipinski definition) is 6. The first-order valence-corrected chi connectivity index (χ1v) is 14.5. The van der Waals surface area contributed by atoms with Crippen LogP contribution in [-0.2, 0) is 16.4 Å². The second kappa shape index (κ2) is 11.9. The fourth-order valence-electron chi connectivity index (χ4n) is 4.82. The first kappa shape index (κ1) is 25.5. The number of benzene rings is 2. The summed E-state index contributed by atoms with van der Waals surface area (Å²) in [5.41, 5.74) is 9.55. The largest absolute Gasteiger partial charge is 0.384 e. The average Bonchev–Trinajstić information content (AvgIpc) is 2.99. The number of aryl methyl sites for hydroxylation is 1. The van der Waals surface area contributed by atoms with Gasteiger partial charge in [-0.15, -0.1) is 0 Å². The third-order valence-electron chi connectivity index (χ3n) is 6.85. The maximum absolute atomic E-state index is 12.8. The van der Waals surface area contributed by atoms with E-state index in [0.717, 1.165) is 59.5 Å². The van der Waals surface area contributed by atoms with E-state index in [2.05, 4.69) is 41.4 Å². The maximum Gasteiger partial charge on any atom is 0.180 e. The fraction of sp³-hybridized carbons (Fsp3) is 0.464. The molecule has 0 saturated heterocycles. The molecule has 3 N–H and O–H groups in total. The molecule has 4 rings (SSSR count). The number of para-hydroxylation sites is 1. The van der Waals surface area contributed by atoms with E-state index in [1.165, 1.54) is 32.1 Å². The highest BCUT2D eigenvalue weighted by molar-refractivity contribution is 7.91. The Bertz CT molecular complexity index is 1240. The van der Waals surface area contributed by atoms with Crippen molar-refractivity contribution >= 4 is 32.2 Å². The minimum absolute atomic E-state index is 0.0888. The van der Waals surface area contributed by atoms with Crippen LogP contribution in [-0.4, -0.2) is 38.8 Å². The van der Waals surface area contributed by atoms with Gasteiger partial charge in [-0.1, -0.05) is 68.5 Å². The Balaban J connectivity index is 1.50. The molecule has 0 unspecified atom stereocenters. The molecule has 0 radical (unpaired) electrons. The van der Waals surface area contributed by atoms with Gasteiger partial charge in [0.1, 0.15) is 5.82 Å². The van der Waals surface area contributed by atoms with E-state index in [4.69, 9.17) is 10.7 Å². The summed E-state index contributed by atoms with van der Waals surface area (Å²) in [7, 11) is -3.30. The van der Waals surface area contributed by atoms with Crippen LogP contribution in [0.2, 0.25) is 0 Å². The lowest BCUT2D eigenvalue weighted by Gasteiger charge is -2.23. The number of aromatic nitrogens is 1. The molecule has 0 fully saturated rings. The Kier molecular flexibility index (Phi) is 8.63. The van der Waals surface area contributed by atoms with Gasteiger partial charge >= 0.3 is 0 Å². The van der Waals surface area contributed by atoms with Crippen molar-refractivity contribution in [2.45, 2.75) is 63.3 Å². The summed E-state index contributed by atoms with van der Waals surface area (Å²) in [6.07, 6.45) is 8.52. The molecule has 0 spiro atoms. The van der Waals surface area contributed by atoms with Gasteiger partial charge in [0.2, 0.25) is 0 Å². The molecule has 35 heavy (non-hydrogen) atoms. The van der Waals surface area contributed by atoms with Gasteiger partial charge in [0.15, 0.2) is 9.84 Å². The van der Waals surface area contributed by atoms with E-state index >= 15 is 0 Å². The predicted molar refractivity (Wildman–Crippen MR) is 146 cm³/mol. The van der Waals surface area contributed by atoms with Crippen molar-refractivity contribution < 1.29 is 8.42 Å². The molecular formula is C28H38N4O2S. The minimum atomic E-state index is -3.30. The third kappa shape index (κ3) is 6.33. The van der Waals surface area contributed by atoms with Crippen LogP contribution in [0.3, 0.4) is 0 Å². The standard InChI is InChI=1S/C28H38N4O2S/c1-22-12-11-14-24-25(30-17-10-6-4-2-3-5-9-16-29)20-27(31-28(22)24)32-18-19-35(33,34)26-15-8-7-13-23(26)21-32/h7-8,11-15,20H,2-6,9-10,16-19,21,29H2,1H3,(H,30,31).